The minimum Gasteiger partial charge on any atom is -0.327 e. The third-order valence-corrected chi connectivity index (χ3v) is 3.66. The van der Waals surface area contributed by atoms with Crippen molar-refractivity contribution in [3.8, 4) is 0 Å². The first kappa shape index (κ1) is 8.31. The molecule has 2 saturated carbocycles. The molecule has 0 spiro atoms. The van der Waals surface area contributed by atoms with Crippen molar-refractivity contribution in [3.05, 3.63) is 12.7 Å². The molecule has 0 heterocycles. The van der Waals surface area contributed by atoms with Crippen LogP contribution in [0, 0.1) is 17.8 Å². The van der Waals surface area contributed by atoms with Crippen molar-refractivity contribution < 1.29 is 0 Å². The van der Waals surface area contributed by atoms with Gasteiger partial charge in [0.15, 0.2) is 0 Å². The molecule has 2 fully saturated rings. The molecule has 2 rings (SSSR count). The van der Waals surface area contributed by atoms with E-state index in [1.54, 1.807) is 0 Å². The van der Waals surface area contributed by atoms with Gasteiger partial charge in [-0.1, -0.05) is 18.9 Å². The number of hydrogen-bond donors (Lipinski definition) is 1. The monoisotopic (exact) mass is 165 g/mol. The Morgan fingerprint density at radius 3 is 2.42 bits per heavy atom. The zero-order valence-corrected chi connectivity index (χ0v) is 7.71. The van der Waals surface area contributed by atoms with E-state index in [4.69, 9.17) is 5.73 Å². The first-order valence-corrected chi connectivity index (χ1v) is 5.21. The summed E-state index contributed by atoms with van der Waals surface area (Å²) in [6.45, 7) is 3.75. The Labute approximate surface area is 75.0 Å². The van der Waals surface area contributed by atoms with E-state index in [1.165, 1.54) is 25.7 Å². The van der Waals surface area contributed by atoms with E-state index in [0.29, 0.717) is 6.04 Å². The highest BCUT2D eigenvalue weighted by molar-refractivity contribution is 5.04. The molecule has 1 nitrogen and oxygen atoms in total. The van der Waals surface area contributed by atoms with E-state index in [9.17, 15) is 0 Å². The quantitative estimate of drug-likeness (QED) is 0.638. The molecule has 12 heavy (non-hydrogen) atoms. The average Bonchev–Trinajstić information content (AvgIpc) is 2.78. The molecule has 0 amide bonds. The highest BCUT2D eigenvalue weighted by Crippen LogP contribution is 2.56. The van der Waals surface area contributed by atoms with Gasteiger partial charge in [0.25, 0.3) is 0 Å². The summed E-state index contributed by atoms with van der Waals surface area (Å²) in [5.74, 6) is 2.84. The van der Waals surface area contributed by atoms with E-state index in [1.807, 2.05) is 6.08 Å². The third-order valence-electron chi connectivity index (χ3n) is 3.66. The molecule has 1 heteroatoms. The lowest BCUT2D eigenvalue weighted by molar-refractivity contribution is 0.480. The molecule has 0 aliphatic heterocycles. The summed E-state index contributed by atoms with van der Waals surface area (Å²) in [5, 5.41) is 0. The van der Waals surface area contributed by atoms with E-state index in [-0.39, 0.29) is 0 Å². The normalized spacial score (nSPS) is 41.6. The van der Waals surface area contributed by atoms with Crippen LogP contribution >= 0.6 is 0 Å². The summed E-state index contributed by atoms with van der Waals surface area (Å²) in [5.41, 5.74) is 6.08. The summed E-state index contributed by atoms with van der Waals surface area (Å²) < 4.78 is 0. The number of rotatable bonds is 3. The van der Waals surface area contributed by atoms with Gasteiger partial charge in [0.05, 0.1) is 0 Å². The van der Waals surface area contributed by atoms with E-state index >= 15 is 0 Å². The van der Waals surface area contributed by atoms with Gasteiger partial charge in [0, 0.05) is 6.04 Å². The van der Waals surface area contributed by atoms with Crippen molar-refractivity contribution in [1.29, 1.82) is 0 Å². The largest absolute Gasteiger partial charge is 0.327 e. The van der Waals surface area contributed by atoms with E-state index < -0.39 is 0 Å². The SMILES string of the molecule is C=CCC(N)C1C2CCCCC21. The summed E-state index contributed by atoms with van der Waals surface area (Å²) in [6.07, 6.45) is 8.75. The molecule has 2 N–H and O–H groups in total. The summed E-state index contributed by atoms with van der Waals surface area (Å²) in [6, 6.07) is 0.413. The second-order valence-corrected chi connectivity index (χ2v) is 4.38. The van der Waals surface area contributed by atoms with Crippen molar-refractivity contribution in [2.75, 3.05) is 0 Å². The molecule has 0 saturated heterocycles. The molecule has 68 valence electrons. The fourth-order valence-electron chi connectivity index (χ4n) is 3.03. The zero-order chi connectivity index (χ0) is 8.55. The molecule has 0 aromatic rings. The average molecular weight is 165 g/mol. The van der Waals surface area contributed by atoms with Crippen LogP contribution in [0.5, 0.6) is 0 Å². The summed E-state index contributed by atoms with van der Waals surface area (Å²) in [4.78, 5) is 0. The Kier molecular flexibility index (Phi) is 2.22. The Morgan fingerprint density at radius 2 is 1.92 bits per heavy atom. The minimum absolute atomic E-state index is 0.413. The summed E-state index contributed by atoms with van der Waals surface area (Å²) in [7, 11) is 0. The lowest BCUT2D eigenvalue weighted by atomic mass is 10.0. The van der Waals surface area contributed by atoms with Gasteiger partial charge in [-0.2, -0.15) is 0 Å². The van der Waals surface area contributed by atoms with E-state index in [0.717, 1.165) is 24.2 Å². The van der Waals surface area contributed by atoms with Gasteiger partial charge >= 0.3 is 0 Å². The van der Waals surface area contributed by atoms with E-state index in [2.05, 4.69) is 6.58 Å². The van der Waals surface area contributed by atoms with Crippen LogP contribution in [0.4, 0.5) is 0 Å². The lowest BCUT2D eigenvalue weighted by Gasteiger charge is -2.06. The fourth-order valence-corrected chi connectivity index (χ4v) is 3.03. The van der Waals surface area contributed by atoms with Crippen LogP contribution in [0.1, 0.15) is 32.1 Å². The van der Waals surface area contributed by atoms with Crippen LogP contribution in [0.2, 0.25) is 0 Å². The van der Waals surface area contributed by atoms with Crippen LogP contribution in [0.15, 0.2) is 12.7 Å². The predicted molar refractivity (Wildman–Crippen MR) is 51.7 cm³/mol. The predicted octanol–water partition coefficient (Wildman–Crippen LogP) is 2.33. The number of nitrogens with two attached hydrogens (primary N) is 1. The van der Waals surface area contributed by atoms with Crippen LogP contribution < -0.4 is 5.73 Å². The molecule has 0 bridgehead atoms. The van der Waals surface area contributed by atoms with Crippen molar-refractivity contribution in [2.45, 2.75) is 38.1 Å². The molecule has 0 aromatic heterocycles. The number of fused-ring (bicyclic) bond motifs is 1. The van der Waals surface area contributed by atoms with Crippen LogP contribution in [0.25, 0.3) is 0 Å². The maximum absolute atomic E-state index is 6.08. The highest BCUT2D eigenvalue weighted by Gasteiger charge is 2.52. The molecule has 0 aromatic carbocycles. The highest BCUT2D eigenvalue weighted by atomic mass is 14.7. The lowest BCUT2D eigenvalue weighted by Crippen LogP contribution is -2.22. The molecule has 3 atom stereocenters. The van der Waals surface area contributed by atoms with Crippen LogP contribution in [0.3, 0.4) is 0 Å². The Hall–Kier alpha value is -0.300. The Bertz CT molecular complexity index is 164. The van der Waals surface area contributed by atoms with Gasteiger partial charge < -0.3 is 5.73 Å². The molecule has 2 aliphatic rings. The van der Waals surface area contributed by atoms with Crippen molar-refractivity contribution >= 4 is 0 Å². The van der Waals surface area contributed by atoms with Crippen LogP contribution in [-0.4, -0.2) is 6.04 Å². The first-order chi connectivity index (χ1) is 5.84. The standard InChI is InChI=1S/C11H19N/c1-2-5-10(12)11-8-6-3-4-7-9(8)11/h2,8-11H,1,3-7,12H2. The van der Waals surface area contributed by atoms with Crippen LogP contribution in [-0.2, 0) is 0 Å². The van der Waals surface area contributed by atoms with Gasteiger partial charge in [-0.25, -0.2) is 0 Å². The first-order valence-electron chi connectivity index (χ1n) is 5.21. The topological polar surface area (TPSA) is 26.0 Å². The van der Waals surface area contributed by atoms with Gasteiger partial charge in [-0.05, 0) is 37.0 Å². The second-order valence-electron chi connectivity index (χ2n) is 4.38. The third kappa shape index (κ3) is 1.31. The summed E-state index contributed by atoms with van der Waals surface area (Å²) >= 11 is 0. The molecule has 0 radical (unpaired) electrons. The van der Waals surface area contributed by atoms with Crippen molar-refractivity contribution in [2.24, 2.45) is 23.5 Å². The number of hydrogen-bond acceptors (Lipinski definition) is 1. The van der Waals surface area contributed by atoms with Gasteiger partial charge in [0.1, 0.15) is 0 Å². The second kappa shape index (κ2) is 3.21. The van der Waals surface area contributed by atoms with Crippen molar-refractivity contribution in [1.82, 2.24) is 0 Å². The maximum Gasteiger partial charge on any atom is 0.0107 e. The zero-order valence-electron chi connectivity index (χ0n) is 7.71. The van der Waals surface area contributed by atoms with Gasteiger partial charge in [-0.15, -0.1) is 6.58 Å². The Balaban J connectivity index is 1.86. The fraction of sp³-hybridized carbons (Fsp3) is 0.818. The molecule has 2 aliphatic carbocycles. The molecule has 3 unspecified atom stereocenters. The smallest absolute Gasteiger partial charge is 0.0107 e. The maximum atomic E-state index is 6.08. The Morgan fingerprint density at radius 1 is 1.33 bits per heavy atom. The minimum atomic E-state index is 0.413. The van der Waals surface area contributed by atoms with Gasteiger partial charge in [-0.3, -0.25) is 0 Å². The molecular formula is C11H19N. The van der Waals surface area contributed by atoms with Crippen molar-refractivity contribution in [3.63, 3.8) is 0 Å². The van der Waals surface area contributed by atoms with Gasteiger partial charge in [0.2, 0.25) is 0 Å². The molecular weight excluding hydrogens is 146 g/mol.